The lowest BCUT2D eigenvalue weighted by molar-refractivity contribution is -0.121. The van der Waals surface area contributed by atoms with Crippen molar-refractivity contribution in [3.8, 4) is 0 Å². The van der Waals surface area contributed by atoms with Crippen molar-refractivity contribution in [2.75, 3.05) is 6.54 Å². The highest BCUT2D eigenvalue weighted by Gasteiger charge is 2.13. The summed E-state index contributed by atoms with van der Waals surface area (Å²) in [5.74, 6) is 0.00106. The van der Waals surface area contributed by atoms with Gasteiger partial charge in [-0.2, -0.15) is 5.10 Å². The lowest BCUT2D eigenvalue weighted by atomic mass is 10.2. The quantitative estimate of drug-likeness (QED) is 0.684. The summed E-state index contributed by atoms with van der Waals surface area (Å²) in [5, 5.41) is 10.8. The number of aryl methyl sites for hydroxylation is 3. The van der Waals surface area contributed by atoms with Crippen molar-refractivity contribution in [1.82, 2.24) is 29.5 Å². The topological polar surface area (TPSA) is 85.9 Å². The van der Waals surface area contributed by atoms with Crippen molar-refractivity contribution in [3.63, 3.8) is 0 Å². The van der Waals surface area contributed by atoms with Crippen LogP contribution in [0.4, 0.5) is 0 Å². The van der Waals surface area contributed by atoms with Crippen molar-refractivity contribution in [2.45, 2.75) is 32.5 Å². The van der Waals surface area contributed by atoms with Crippen LogP contribution in [-0.4, -0.2) is 31.4 Å². The van der Waals surface area contributed by atoms with Crippen LogP contribution < -0.4 is 16.3 Å². The van der Waals surface area contributed by atoms with Crippen molar-refractivity contribution >= 4 is 16.9 Å². The van der Waals surface area contributed by atoms with Crippen LogP contribution in [0.25, 0.3) is 11.0 Å². The maximum absolute atomic E-state index is 12.2. The molecule has 0 saturated heterocycles. The Morgan fingerprint density at radius 3 is 2.85 bits per heavy atom. The fourth-order valence-corrected chi connectivity index (χ4v) is 3.57. The van der Waals surface area contributed by atoms with Gasteiger partial charge in [-0.3, -0.25) is 18.6 Å². The summed E-state index contributed by atoms with van der Waals surface area (Å²) in [4.78, 5) is 24.2. The predicted molar refractivity (Wildman–Crippen MR) is 102 cm³/mol. The van der Waals surface area contributed by atoms with E-state index in [1.165, 1.54) is 5.69 Å². The van der Waals surface area contributed by atoms with Gasteiger partial charge in [0.25, 0.3) is 0 Å². The first-order chi connectivity index (χ1) is 13.0. The van der Waals surface area contributed by atoms with Gasteiger partial charge in [0.1, 0.15) is 0 Å². The number of imidazole rings is 1. The van der Waals surface area contributed by atoms with E-state index in [4.69, 9.17) is 0 Å². The first-order valence-electron chi connectivity index (χ1n) is 9.20. The number of carbonyl (C=O) groups excluding carboxylic acids is 1. The lowest BCUT2D eigenvalue weighted by Crippen LogP contribution is -2.28. The highest BCUT2D eigenvalue weighted by atomic mass is 16.2. The number of aromatic nitrogens is 4. The molecule has 3 heterocycles. The molecule has 8 heteroatoms. The highest BCUT2D eigenvalue weighted by molar-refractivity contribution is 5.78. The molecule has 8 nitrogen and oxygen atoms in total. The molecule has 0 saturated carbocycles. The molecule has 0 radical (unpaired) electrons. The second kappa shape index (κ2) is 7.03. The predicted octanol–water partition coefficient (Wildman–Crippen LogP) is 0.426. The summed E-state index contributed by atoms with van der Waals surface area (Å²) < 4.78 is 5.26. The van der Waals surface area contributed by atoms with E-state index in [2.05, 4.69) is 21.8 Å². The normalized spacial score (nSPS) is 13.7. The zero-order chi connectivity index (χ0) is 19.0. The molecular weight excluding hydrogens is 344 g/mol. The minimum Gasteiger partial charge on any atom is -0.352 e. The highest BCUT2D eigenvalue weighted by Crippen LogP contribution is 2.14. The summed E-state index contributed by atoms with van der Waals surface area (Å²) >= 11 is 0. The minimum absolute atomic E-state index is 0.00106. The van der Waals surface area contributed by atoms with Gasteiger partial charge in [0.15, 0.2) is 0 Å². The molecule has 27 heavy (non-hydrogen) atoms. The van der Waals surface area contributed by atoms with Crippen LogP contribution in [0, 0.1) is 0 Å². The van der Waals surface area contributed by atoms with E-state index in [-0.39, 0.29) is 11.6 Å². The molecule has 142 valence electrons. The Balaban J connectivity index is 1.35. The van der Waals surface area contributed by atoms with Crippen LogP contribution in [0.1, 0.15) is 23.4 Å². The van der Waals surface area contributed by atoms with Gasteiger partial charge in [-0.15, -0.1) is 0 Å². The third kappa shape index (κ3) is 3.40. The molecule has 0 aliphatic carbocycles. The molecule has 0 spiro atoms. The van der Waals surface area contributed by atoms with Crippen molar-refractivity contribution in [2.24, 2.45) is 14.1 Å². The van der Waals surface area contributed by atoms with E-state index in [0.29, 0.717) is 19.4 Å². The average Bonchev–Trinajstić information content (AvgIpc) is 3.19. The van der Waals surface area contributed by atoms with Crippen LogP contribution in [0.5, 0.6) is 0 Å². The number of nitrogens with zero attached hydrogens (tertiary/aromatic N) is 4. The molecule has 2 N–H and O–H groups in total. The maximum atomic E-state index is 12.2. The molecule has 0 atom stereocenters. The SMILES string of the molecule is Cn1c(=O)n(C)c2cc(CNC(=O)CCc3cc4n(n3)CCNC4)ccc21. The average molecular weight is 368 g/mol. The lowest BCUT2D eigenvalue weighted by Gasteiger charge is -2.13. The molecule has 1 amide bonds. The van der Waals surface area contributed by atoms with Gasteiger partial charge >= 0.3 is 5.69 Å². The smallest absolute Gasteiger partial charge is 0.328 e. The Morgan fingerprint density at radius 2 is 2.04 bits per heavy atom. The third-order valence-corrected chi connectivity index (χ3v) is 5.15. The summed E-state index contributed by atoms with van der Waals surface area (Å²) in [6.07, 6.45) is 1.05. The summed E-state index contributed by atoms with van der Waals surface area (Å²) in [7, 11) is 3.52. The Morgan fingerprint density at radius 1 is 1.22 bits per heavy atom. The molecule has 2 aromatic heterocycles. The number of fused-ring (bicyclic) bond motifs is 2. The first kappa shape index (κ1) is 17.5. The van der Waals surface area contributed by atoms with Crippen LogP contribution in [0.2, 0.25) is 0 Å². The zero-order valence-corrected chi connectivity index (χ0v) is 15.7. The molecule has 1 aliphatic rings. The molecule has 3 aromatic rings. The van der Waals surface area contributed by atoms with E-state index >= 15 is 0 Å². The Hall–Kier alpha value is -2.87. The van der Waals surface area contributed by atoms with E-state index in [0.717, 1.165) is 41.9 Å². The standard InChI is InChI=1S/C19H24N6O2/c1-23-16-5-3-13(9-17(16)24(2)19(23)27)11-21-18(26)6-4-14-10-15-12-20-7-8-25(15)22-14/h3,5,9-10,20H,4,6-8,11-12H2,1-2H3,(H,21,26). The second-order valence-electron chi connectivity index (χ2n) is 7.03. The number of hydrogen-bond donors (Lipinski definition) is 2. The summed E-state index contributed by atoms with van der Waals surface area (Å²) in [5.41, 5.74) is 4.81. The van der Waals surface area contributed by atoms with E-state index < -0.39 is 0 Å². The fourth-order valence-electron chi connectivity index (χ4n) is 3.57. The van der Waals surface area contributed by atoms with Crippen molar-refractivity contribution in [1.29, 1.82) is 0 Å². The molecule has 0 bridgehead atoms. The summed E-state index contributed by atoms with van der Waals surface area (Å²) in [6.45, 7) is 3.10. The van der Waals surface area contributed by atoms with Gasteiger partial charge in [-0.25, -0.2) is 4.79 Å². The van der Waals surface area contributed by atoms with Gasteiger partial charge in [0.2, 0.25) is 5.91 Å². The minimum atomic E-state index is -0.0517. The van der Waals surface area contributed by atoms with Gasteiger partial charge in [0, 0.05) is 46.6 Å². The molecule has 0 fully saturated rings. The summed E-state index contributed by atoms with van der Waals surface area (Å²) in [6, 6.07) is 7.89. The van der Waals surface area contributed by atoms with Crippen LogP contribution in [0.3, 0.4) is 0 Å². The fraction of sp³-hybridized carbons (Fsp3) is 0.421. The number of nitrogens with one attached hydrogen (secondary N) is 2. The maximum Gasteiger partial charge on any atom is 0.328 e. The van der Waals surface area contributed by atoms with E-state index in [9.17, 15) is 9.59 Å². The van der Waals surface area contributed by atoms with E-state index in [1.807, 2.05) is 22.9 Å². The number of hydrogen-bond acceptors (Lipinski definition) is 4. The molecule has 1 aliphatic heterocycles. The number of amides is 1. The number of rotatable bonds is 5. The van der Waals surface area contributed by atoms with Gasteiger partial charge in [-0.05, 0) is 23.8 Å². The Kier molecular flexibility index (Phi) is 4.57. The van der Waals surface area contributed by atoms with Crippen molar-refractivity contribution in [3.05, 3.63) is 51.7 Å². The van der Waals surface area contributed by atoms with Crippen molar-refractivity contribution < 1.29 is 4.79 Å². The first-order valence-corrected chi connectivity index (χ1v) is 9.20. The van der Waals surface area contributed by atoms with Gasteiger partial charge in [0.05, 0.1) is 29.0 Å². The van der Waals surface area contributed by atoms with Crippen LogP contribution >= 0.6 is 0 Å². The van der Waals surface area contributed by atoms with Crippen LogP contribution in [0.15, 0.2) is 29.1 Å². The largest absolute Gasteiger partial charge is 0.352 e. The number of benzene rings is 1. The number of carbonyl (C=O) groups is 1. The monoisotopic (exact) mass is 368 g/mol. The molecular formula is C19H24N6O2. The zero-order valence-electron chi connectivity index (χ0n) is 15.7. The Bertz CT molecular complexity index is 1030. The molecule has 4 rings (SSSR count). The van der Waals surface area contributed by atoms with Gasteiger partial charge < -0.3 is 10.6 Å². The van der Waals surface area contributed by atoms with Crippen LogP contribution in [-0.2, 0) is 44.9 Å². The van der Waals surface area contributed by atoms with E-state index in [1.54, 1.807) is 23.2 Å². The second-order valence-corrected chi connectivity index (χ2v) is 7.03. The van der Waals surface area contributed by atoms with Gasteiger partial charge in [-0.1, -0.05) is 6.07 Å². The molecule has 0 unspecified atom stereocenters. The third-order valence-electron chi connectivity index (χ3n) is 5.15. The Labute approximate surface area is 156 Å². The molecule has 1 aromatic carbocycles.